The van der Waals surface area contributed by atoms with Crippen molar-refractivity contribution in [3.8, 4) is 5.75 Å². The minimum absolute atomic E-state index is 0.260. The Morgan fingerprint density at radius 1 is 1.47 bits per heavy atom. The Kier molecular flexibility index (Phi) is 7.15. The van der Waals surface area contributed by atoms with Gasteiger partial charge in [-0.05, 0) is 37.1 Å². The Bertz CT molecular complexity index is 393. The number of ether oxygens (including phenoxy) is 1. The summed E-state index contributed by atoms with van der Waals surface area (Å²) in [6, 6.07) is 7.37. The van der Waals surface area contributed by atoms with E-state index in [4.69, 9.17) is 10.5 Å². The molecule has 0 saturated heterocycles. The number of hydrogen-bond donors (Lipinski definition) is 2. The van der Waals surface area contributed by atoms with Gasteiger partial charge >= 0.3 is 0 Å². The summed E-state index contributed by atoms with van der Waals surface area (Å²) >= 11 is 0. The summed E-state index contributed by atoms with van der Waals surface area (Å²) in [5.74, 6) is 0.980. The number of aliphatic hydroxyl groups is 1. The molecule has 19 heavy (non-hydrogen) atoms. The SMILES string of the molecule is CCC(=O)CCCOc1cccc(C(O)CCN)c1. The van der Waals surface area contributed by atoms with E-state index in [-0.39, 0.29) is 5.78 Å². The molecular formula is C15H23NO3. The van der Waals surface area contributed by atoms with E-state index in [1.807, 2.05) is 31.2 Å². The zero-order valence-electron chi connectivity index (χ0n) is 11.5. The van der Waals surface area contributed by atoms with Gasteiger partial charge in [-0.2, -0.15) is 0 Å². The zero-order valence-corrected chi connectivity index (χ0v) is 11.5. The van der Waals surface area contributed by atoms with E-state index in [9.17, 15) is 9.90 Å². The molecule has 0 heterocycles. The van der Waals surface area contributed by atoms with Crippen molar-refractivity contribution < 1.29 is 14.6 Å². The van der Waals surface area contributed by atoms with E-state index in [2.05, 4.69) is 0 Å². The number of rotatable bonds is 9. The zero-order chi connectivity index (χ0) is 14.1. The number of aliphatic hydroxyl groups excluding tert-OH is 1. The standard InChI is InChI=1S/C15H23NO3/c1-2-13(17)6-4-10-19-14-7-3-5-12(11-14)15(18)8-9-16/h3,5,7,11,15,18H,2,4,6,8-10,16H2,1H3. The second-order valence-electron chi connectivity index (χ2n) is 4.51. The topological polar surface area (TPSA) is 72.5 Å². The Labute approximate surface area is 114 Å². The Morgan fingerprint density at radius 3 is 2.95 bits per heavy atom. The minimum Gasteiger partial charge on any atom is -0.494 e. The van der Waals surface area contributed by atoms with Crippen molar-refractivity contribution in [3.05, 3.63) is 29.8 Å². The minimum atomic E-state index is -0.546. The molecule has 0 spiro atoms. The number of hydrogen-bond acceptors (Lipinski definition) is 4. The van der Waals surface area contributed by atoms with Gasteiger partial charge in [-0.25, -0.2) is 0 Å². The lowest BCUT2D eigenvalue weighted by Crippen LogP contribution is -2.07. The van der Waals surface area contributed by atoms with Crippen molar-refractivity contribution in [1.29, 1.82) is 0 Å². The van der Waals surface area contributed by atoms with Gasteiger partial charge in [0.2, 0.25) is 0 Å². The number of carbonyl (C=O) groups is 1. The molecule has 0 aliphatic rings. The molecule has 0 bridgehead atoms. The molecule has 106 valence electrons. The lowest BCUT2D eigenvalue weighted by Gasteiger charge is -2.12. The third kappa shape index (κ3) is 5.85. The molecule has 0 aliphatic carbocycles. The largest absolute Gasteiger partial charge is 0.494 e. The van der Waals surface area contributed by atoms with Crippen LogP contribution in [0.5, 0.6) is 5.75 Å². The van der Waals surface area contributed by atoms with E-state index in [1.165, 1.54) is 0 Å². The lowest BCUT2D eigenvalue weighted by molar-refractivity contribution is -0.118. The average molecular weight is 265 g/mol. The molecule has 4 heteroatoms. The van der Waals surface area contributed by atoms with Gasteiger partial charge in [0.05, 0.1) is 12.7 Å². The first-order chi connectivity index (χ1) is 9.17. The maximum absolute atomic E-state index is 11.1. The van der Waals surface area contributed by atoms with Crippen LogP contribution in [0.1, 0.15) is 44.3 Å². The fourth-order valence-electron chi connectivity index (χ4n) is 1.77. The van der Waals surface area contributed by atoms with Gasteiger partial charge in [0, 0.05) is 12.8 Å². The molecule has 4 nitrogen and oxygen atoms in total. The first-order valence-corrected chi connectivity index (χ1v) is 6.80. The average Bonchev–Trinajstić information content (AvgIpc) is 2.44. The van der Waals surface area contributed by atoms with Gasteiger partial charge in [-0.1, -0.05) is 19.1 Å². The van der Waals surface area contributed by atoms with Gasteiger partial charge in [-0.3, -0.25) is 4.79 Å². The first-order valence-electron chi connectivity index (χ1n) is 6.80. The molecular weight excluding hydrogens is 242 g/mol. The predicted octanol–water partition coefficient (Wildman–Crippen LogP) is 2.21. The highest BCUT2D eigenvalue weighted by Gasteiger charge is 2.07. The number of nitrogens with two attached hydrogens (primary N) is 1. The van der Waals surface area contributed by atoms with Gasteiger partial charge < -0.3 is 15.6 Å². The molecule has 1 aromatic rings. The van der Waals surface area contributed by atoms with Crippen LogP contribution in [-0.2, 0) is 4.79 Å². The van der Waals surface area contributed by atoms with Crippen molar-refractivity contribution in [3.63, 3.8) is 0 Å². The molecule has 0 aliphatic heterocycles. The Morgan fingerprint density at radius 2 is 2.26 bits per heavy atom. The smallest absolute Gasteiger partial charge is 0.132 e. The summed E-state index contributed by atoms with van der Waals surface area (Å²) in [7, 11) is 0. The molecule has 0 saturated carbocycles. The van der Waals surface area contributed by atoms with Crippen LogP contribution >= 0.6 is 0 Å². The van der Waals surface area contributed by atoms with Crippen LogP contribution in [-0.4, -0.2) is 24.0 Å². The lowest BCUT2D eigenvalue weighted by atomic mass is 10.1. The van der Waals surface area contributed by atoms with Crippen molar-refractivity contribution in [1.82, 2.24) is 0 Å². The molecule has 1 rings (SSSR count). The quantitative estimate of drug-likeness (QED) is 0.671. The number of Topliss-reactive ketones (excluding diaryl/α,β-unsaturated/α-hetero) is 1. The van der Waals surface area contributed by atoms with Gasteiger partial charge in [0.25, 0.3) is 0 Å². The van der Waals surface area contributed by atoms with Crippen LogP contribution in [0.3, 0.4) is 0 Å². The highest BCUT2D eigenvalue weighted by molar-refractivity contribution is 5.77. The summed E-state index contributed by atoms with van der Waals surface area (Å²) in [5.41, 5.74) is 6.23. The van der Waals surface area contributed by atoms with Crippen molar-refractivity contribution >= 4 is 5.78 Å². The summed E-state index contributed by atoms with van der Waals surface area (Å²) in [5, 5.41) is 9.84. The molecule has 1 atom stereocenters. The highest BCUT2D eigenvalue weighted by atomic mass is 16.5. The fraction of sp³-hybridized carbons (Fsp3) is 0.533. The van der Waals surface area contributed by atoms with E-state index in [0.717, 1.165) is 17.7 Å². The van der Waals surface area contributed by atoms with Gasteiger partial charge in [0.1, 0.15) is 11.5 Å². The monoisotopic (exact) mass is 265 g/mol. The van der Waals surface area contributed by atoms with Crippen LogP contribution in [0.2, 0.25) is 0 Å². The second-order valence-corrected chi connectivity index (χ2v) is 4.51. The molecule has 0 amide bonds. The Balaban J connectivity index is 2.42. The summed E-state index contributed by atoms with van der Waals surface area (Å²) in [4.78, 5) is 11.1. The molecule has 3 N–H and O–H groups in total. The van der Waals surface area contributed by atoms with Crippen LogP contribution < -0.4 is 10.5 Å². The van der Waals surface area contributed by atoms with Crippen LogP contribution in [0.25, 0.3) is 0 Å². The third-order valence-corrected chi connectivity index (χ3v) is 2.95. The van der Waals surface area contributed by atoms with E-state index in [0.29, 0.717) is 32.4 Å². The van der Waals surface area contributed by atoms with Crippen LogP contribution in [0, 0.1) is 0 Å². The van der Waals surface area contributed by atoms with E-state index < -0.39 is 6.10 Å². The normalized spacial score (nSPS) is 12.2. The van der Waals surface area contributed by atoms with Gasteiger partial charge in [-0.15, -0.1) is 0 Å². The summed E-state index contributed by atoms with van der Waals surface area (Å²) in [6.07, 6.45) is 1.86. The molecule has 1 aromatic carbocycles. The number of benzene rings is 1. The molecule has 1 unspecified atom stereocenters. The van der Waals surface area contributed by atoms with Crippen LogP contribution in [0.15, 0.2) is 24.3 Å². The van der Waals surface area contributed by atoms with Crippen molar-refractivity contribution in [2.75, 3.05) is 13.2 Å². The van der Waals surface area contributed by atoms with Crippen molar-refractivity contribution in [2.24, 2.45) is 5.73 Å². The fourth-order valence-corrected chi connectivity index (χ4v) is 1.77. The molecule has 0 aromatic heterocycles. The van der Waals surface area contributed by atoms with Crippen LogP contribution in [0.4, 0.5) is 0 Å². The molecule has 0 radical (unpaired) electrons. The van der Waals surface area contributed by atoms with Gasteiger partial charge in [0.15, 0.2) is 0 Å². The van der Waals surface area contributed by atoms with Crippen molar-refractivity contribution in [2.45, 2.75) is 38.7 Å². The maximum Gasteiger partial charge on any atom is 0.132 e. The molecule has 0 fully saturated rings. The maximum atomic E-state index is 11.1. The van der Waals surface area contributed by atoms with E-state index >= 15 is 0 Å². The first kappa shape index (κ1) is 15.7. The number of carbonyl (C=O) groups excluding carboxylic acids is 1. The number of ketones is 1. The van der Waals surface area contributed by atoms with E-state index in [1.54, 1.807) is 0 Å². The second kappa shape index (κ2) is 8.67. The third-order valence-electron chi connectivity index (χ3n) is 2.95. The Hall–Kier alpha value is -1.39. The predicted molar refractivity (Wildman–Crippen MR) is 75.1 cm³/mol. The summed E-state index contributed by atoms with van der Waals surface area (Å²) < 4.78 is 5.58. The summed E-state index contributed by atoms with van der Waals surface area (Å²) in [6.45, 7) is 2.83. The highest BCUT2D eigenvalue weighted by Crippen LogP contribution is 2.21.